The molecule has 0 radical (unpaired) electrons. The van der Waals surface area contributed by atoms with Gasteiger partial charge < -0.3 is 9.15 Å². The van der Waals surface area contributed by atoms with Crippen LogP contribution in [0.4, 0.5) is 4.39 Å². The van der Waals surface area contributed by atoms with Crippen molar-refractivity contribution in [3.63, 3.8) is 0 Å². The van der Waals surface area contributed by atoms with E-state index in [4.69, 9.17) is 20.8 Å². The Kier molecular flexibility index (Phi) is 5.09. The second-order valence-corrected chi connectivity index (χ2v) is 5.83. The second-order valence-electron chi connectivity index (χ2n) is 5.39. The van der Waals surface area contributed by atoms with Gasteiger partial charge in [0.15, 0.2) is 6.10 Å². The van der Waals surface area contributed by atoms with Gasteiger partial charge >= 0.3 is 5.97 Å². The van der Waals surface area contributed by atoms with Crippen LogP contribution in [0.3, 0.4) is 0 Å². The van der Waals surface area contributed by atoms with Gasteiger partial charge in [0.2, 0.25) is 5.89 Å². The number of halogens is 2. The molecule has 0 N–H and O–H groups in total. The van der Waals surface area contributed by atoms with Crippen molar-refractivity contribution in [3.05, 3.63) is 70.8 Å². The molecular weight excluding hydrogens is 347 g/mol. The Labute approximate surface area is 148 Å². The fourth-order valence-corrected chi connectivity index (χ4v) is 2.39. The molecule has 5 nitrogen and oxygen atoms in total. The molecule has 0 aliphatic rings. The number of esters is 1. The number of carbonyl (C=O) groups is 1. The highest BCUT2D eigenvalue weighted by Gasteiger charge is 2.19. The van der Waals surface area contributed by atoms with Crippen molar-refractivity contribution >= 4 is 17.6 Å². The zero-order valence-electron chi connectivity index (χ0n) is 13.3. The Morgan fingerprint density at radius 1 is 1.24 bits per heavy atom. The summed E-state index contributed by atoms with van der Waals surface area (Å²) in [4.78, 5) is 12.0. The maximum absolute atomic E-state index is 12.9. The van der Waals surface area contributed by atoms with Crippen molar-refractivity contribution < 1.29 is 18.3 Å². The average Bonchev–Trinajstić information content (AvgIpc) is 3.07. The van der Waals surface area contributed by atoms with E-state index < -0.39 is 12.1 Å². The van der Waals surface area contributed by atoms with Gasteiger partial charge in [-0.2, -0.15) is 0 Å². The lowest BCUT2D eigenvalue weighted by atomic mass is 10.1. The van der Waals surface area contributed by atoms with E-state index in [0.717, 1.165) is 0 Å². The van der Waals surface area contributed by atoms with E-state index in [2.05, 4.69) is 10.2 Å². The van der Waals surface area contributed by atoms with Crippen LogP contribution in [0, 0.1) is 5.82 Å². The quantitative estimate of drug-likeness (QED) is 0.632. The summed E-state index contributed by atoms with van der Waals surface area (Å²) in [7, 11) is 0. The molecule has 128 valence electrons. The first-order chi connectivity index (χ1) is 12.0. The van der Waals surface area contributed by atoms with Crippen molar-refractivity contribution in [2.24, 2.45) is 0 Å². The molecular formula is C18H14ClFN2O3. The predicted octanol–water partition coefficient (Wildman–Crippen LogP) is 4.38. The Bertz CT molecular complexity index is 880. The van der Waals surface area contributed by atoms with Gasteiger partial charge in [-0.15, -0.1) is 10.2 Å². The molecule has 0 bridgehead atoms. The number of nitrogens with zero attached hydrogens (tertiary/aromatic N) is 2. The highest BCUT2D eigenvalue weighted by atomic mass is 35.5. The van der Waals surface area contributed by atoms with Crippen LogP contribution >= 0.6 is 11.6 Å². The van der Waals surface area contributed by atoms with Crippen LogP contribution < -0.4 is 0 Å². The predicted molar refractivity (Wildman–Crippen MR) is 89.4 cm³/mol. The van der Waals surface area contributed by atoms with Gasteiger partial charge in [-0.05, 0) is 42.8 Å². The molecule has 1 aromatic heterocycles. The van der Waals surface area contributed by atoms with Crippen molar-refractivity contribution in [1.82, 2.24) is 10.2 Å². The van der Waals surface area contributed by atoms with E-state index in [1.807, 2.05) is 0 Å². The van der Waals surface area contributed by atoms with E-state index in [0.29, 0.717) is 22.0 Å². The average molecular weight is 361 g/mol. The van der Waals surface area contributed by atoms with Crippen LogP contribution in [0.5, 0.6) is 0 Å². The summed E-state index contributed by atoms with van der Waals surface area (Å²) in [5.41, 5.74) is 1.33. The molecule has 0 amide bonds. The first-order valence-electron chi connectivity index (χ1n) is 7.54. The van der Waals surface area contributed by atoms with Crippen LogP contribution in [0.1, 0.15) is 24.5 Å². The van der Waals surface area contributed by atoms with Gasteiger partial charge in [0, 0.05) is 10.6 Å². The molecule has 3 rings (SSSR count). The molecule has 0 spiro atoms. The summed E-state index contributed by atoms with van der Waals surface area (Å²) in [6.45, 7) is 1.64. The summed E-state index contributed by atoms with van der Waals surface area (Å²) in [5, 5.41) is 8.40. The lowest BCUT2D eigenvalue weighted by molar-refractivity contribution is -0.148. The third-order valence-electron chi connectivity index (χ3n) is 3.43. The number of hydrogen-bond acceptors (Lipinski definition) is 5. The lowest BCUT2D eigenvalue weighted by Crippen LogP contribution is -2.11. The number of hydrogen-bond donors (Lipinski definition) is 0. The molecule has 0 aliphatic carbocycles. The van der Waals surface area contributed by atoms with E-state index >= 15 is 0 Å². The number of rotatable bonds is 5. The molecule has 2 aromatic carbocycles. The van der Waals surface area contributed by atoms with Gasteiger partial charge in [0.25, 0.3) is 5.89 Å². The first-order valence-corrected chi connectivity index (χ1v) is 7.92. The minimum Gasteiger partial charge on any atom is -0.452 e. The van der Waals surface area contributed by atoms with E-state index in [-0.39, 0.29) is 18.1 Å². The maximum atomic E-state index is 12.9. The summed E-state index contributed by atoms with van der Waals surface area (Å²) in [6, 6.07) is 12.6. The SMILES string of the molecule is C[C@@H](OC(=O)Cc1ccc(F)cc1)c1nnc(-c2cccc(Cl)c2)o1. The molecule has 0 aliphatic heterocycles. The van der Waals surface area contributed by atoms with E-state index in [9.17, 15) is 9.18 Å². The lowest BCUT2D eigenvalue weighted by Gasteiger charge is -2.09. The number of ether oxygens (including phenoxy) is 1. The number of benzene rings is 2. The minimum atomic E-state index is -0.701. The van der Waals surface area contributed by atoms with Crippen molar-refractivity contribution in [1.29, 1.82) is 0 Å². The Morgan fingerprint density at radius 3 is 2.72 bits per heavy atom. The van der Waals surface area contributed by atoms with Crippen LogP contribution in [-0.4, -0.2) is 16.2 Å². The molecule has 1 atom stereocenters. The number of aromatic nitrogens is 2. The normalized spacial score (nSPS) is 12.0. The molecule has 1 heterocycles. The highest BCUT2D eigenvalue weighted by Crippen LogP contribution is 2.24. The summed E-state index contributed by atoms with van der Waals surface area (Å²) in [6.07, 6.45) is -0.673. The Balaban J connectivity index is 1.64. The van der Waals surface area contributed by atoms with E-state index in [1.54, 1.807) is 31.2 Å². The molecule has 0 fully saturated rings. The van der Waals surface area contributed by atoms with Crippen molar-refractivity contribution in [3.8, 4) is 11.5 Å². The third-order valence-corrected chi connectivity index (χ3v) is 3.67. The Morgan fingerprint density at radius 2 is 2.00 bits per heavy atom. The monoisotopic (exact) mass is 360 g/mol. The fraction of sp³-hybridized carbons (Fsp3) is 0.167. The second kappa shape index (κ2) is 7.44. The zero-order chi connectivity index (χ0) is 17.8. The fourth-order valence-electron chi connectivity index (χ4n) is 2.20. The van der Waals surface area contributed by atoms with Gasteiger partial charge in [0.05, 0.1) is 6.42 Å². The Hall–Kier alpha value is -2.73. The van der Waals surface area contributed by atoms with Crippen LogP contribution in [0.15, 0.2) is 52.9 Å². The molecule has 7 heteroatoms. The third kappa shape index (κ3) is 4.42. The molecule has 25 heavy (non-hydrogen) atoms. The van der Waals surface area contributed by atoms with Gasteiger partial charge in [-0.25, -0.2) is 4.39 Å². The smallest absolute Gasteiger partial charge is 0.311 e. The van der Waals surface area contributed by atoms with Crippen LogP contribution in [0.25, 0.3) is 11.5 Å². The van der Waals surface area contributed by atoms with Gasteiger partial charge in [0.1, 0.15) is 5.82 Å². The molecule has 0 saturated carbocycles. The van der Waals surface area contributed by atoms with Crippen LogP contribution in [-0.2, 0) is 16.0 Å². The largest absolute Gasteiger partial charge is 0.452 e. The zero-order valence-corrected chi connectivity index (χ0v) is 14.0. The molecule has 0 saturated heterocycles. The molecule has 3 aromatic rings. The standard InChI is InChI=1S/C18H14ClFN2O3/c1-11(24-16(23)9-12-5-7-15(20)8-6-12)17-21-22-18(25-17)13-3-2-4-14(19)10-13/h2-8,10-11H,9H2,1H3/t11-/m1/s1. The van der Waals surface area contributed by atoms with Crippen LogP contribution in [0.2, 0.25) is 5.02 Å². The summed E-state index contributed by atoms with van der Waals surface area (Å²) < 4.78 is 23.7. The minimum absolute atomic E-state index is 0.0277. The van der Waals surface area contributed by atoms with E-state index in [1.165, 1.54) is 24.3 Å². The topological polar surface area (TPSA) is 65.2 Å². The summed E-state index contributed by atoms with van der Waals surface area (Å²) in [5.74, 6) is -0.354. The van der Waals surface area contributed by atoms with Crippen molar-refractivity contribution in [2.45, 2.75) is 19.4 Å². The molecule has 0 unspecified atom stereocenters. The maximum Gasteiger partial charge on any atom is 0.311 e. The number of carbonyl (C=O) groups excluding carboxylic acids is 1. The first kappa shape index (κ1) is 17.1. The van der Waals surface area contributed by atoms with Crippen molar-refractivity contribution in [2.75, 3.05) is 0 Å². The summed E-state index contributed by atoms with van der Waals surface area (Å²) >= 11 is 5.94. The van der Waals surface area contributed by atoms with Gasteiger partial charge in [-0.1, -0.05) is 29.8 Å². The highest BCUT2D eigenvalue weighted by molar-refractivity contribution is 6.30. The van der Waals surface area contributed by atoms with Gasteiger partial charge in [-0.3, -0.25) is 4.79 Å².